The van der Waals surface area contributed by atoms with Crippen molar-refractivity contribution in [3.05, 3.63) is 18.2 Å². The zero-order valence-corrected chi connectivity index (χ0v) is 16.0. The molecule has 4 rings (SSSR count). The highest BCUT2D eigenvalue weighted by molar-refractivity contribution is 7.99. The lowest BCUT2D eigenvalue weighted by molar-refractivity contribution is -0.137. The van der Waals surface area contributed by atoms with Crippen LogP contribution in [0.2, 0.25) is 0 Å². The summed E-state index contributed by atoms with van der Waals surface area (Å²) in [4.78, 5) is 29.2. The third kappa shape index (κ3) is 3.73. The van der Waals surface area contributed by atoms with E-state index in [1.54, 1.807) is 4.90 Å². The molecule has 0 bridgehead atoms. The predicted octanol–water partition coefficient (Wildman–Crippen LogP) is 1.14. The predicted molar refractivity (Wildman–Crippen MR) is 102 cm³/mol. The lowest BCUT2D eigenvalue weighted by atomic mass is 10.0. The van der Waals surface area contributed by atoms with E-state index < -0.39 is 0 Å². The van der Waals surface area contributed by atoms with Crippen LogP contribution in [0.15, 0.2) is 18.2 Å². The molecule has 8 heteroatoms. The first kappa shape index (κ1) is 18.4. The Bertz CT molecular complexity index is 726. The van der Waals surface area contributed by atoms with E-state index in [4.69, 9.17) is 9.47 Å². The van der Waals surface area contributed by atoms with E-state index in [0.29, 0.717) is 44.2 Å². The van der Waals surface area contributed by atoms with Gasteiger partial charge in [-0.05, 0) is 18.6 Å². The van der Waals surface area contributed by atoms with Gasteiger partial charge in [-0.15, -0.1) is 0 Å². The Morgan fingerprint density at radius 3 is 2.89 bits per heavy atom. The van der Waals surface area contributed by atoms with Gasteiger partial charge in [0.05, 0.1) is 5.92 Å². The van der Waals surface area contributed by atoms with E-state index >= 15 is 0 Å². The van der Waals surface area contributed by atoms with Gasteiger partial charge in [-0.1, -0.05) is 0 Å². The molecule has 146 valence electrons. The van der Waals surface area contributed by atoms with E-state index in [9.17, 15) is 14.7 Å². The summed E-state index contributed by atoms with van der Waals surface area (Å²) >= 11 is 1.81. The Morgan fingerprint density at radius 2 is 2.07 bits per heavy atom. The van der Waals surface area contributed by atoms with Gasteiger partial charge in [0.1, 0.15) is 13.2 Å². The van der Waals surface area contributed by atoms with Crippen molar-refractivity contribution >= 4 is 29.3 Å². The zero-order chi connectivity index (χ0) is 18.8. The van der Waals surface area contributed by atoms with Crippen molar-refractivity contribution < 1.29 is 24.2 Å². The normalized spacial score (nSPS) is 25.0. The van der Waals surface area contributed by atoms with E-state index in [1.165, 1.54) is 0 Å². The molecule has 3 aliphatic rings. The molecular formula is C19H24N2O5S. The lowest BCUT2D eigenvalue weighted by Crippen LogP contribution is -2.49. The summed E-state index contributed by atoms with van der Waals surface area (Å²) in [5.74, 6) is 2.71. The Hall–Kier alpha value is -1.93. The van der Waals surface area contributed by atoms with Crippen molar-refractivity contribution in [2.75, 3.05) is 49.3 Å². The average molecular weight is 392 g/mol. The second kappa shape index (κ2) is 7.98. The fraction of sp³-hybridized carbons (Fsp3) is 0.579. The maximum absolute atomic E-state index is 13.1. The molecule has 0 saturated carbocycles. The van der Waals surface area contributed by atoms with Gasteiger partial charge >= 0.3 is 0 Å². The number of hydrogen-bond acceptors (Lipinski definition) is 6. The molecular weight excluding hydrogens is 368 g/mol. The van der Waals surface area contributed by atoms with Crippen molar-refractivity contribution in [2.45, 2.75) is 18.9 Å². The van der Waals surface area contributed by atoms with Gasteiger partial charge in [0.2, 0.25) is 11.8 Å². The highest BCUT2D eigenvalue weighted by Gasteiger charge is 2.39. The first-order valence-corrected chi connectivity index (χ1v) is 10.5. The van der Waals surface area contributed by atoms with Crippen LogP contribution < -0.4 is 14.4 Å². The van der Waals surface area contributed by atoms with Crippen LogP contribution >= 0.6 is 11.8 Å². The number of aliphatic hydroxyl groups is 1. The number of thioether (sulfide) groups is 1. The molecule has 3 aliphatic heterocycles. The van der Waals surface area contributed by atoms with E-state index in [-0.39, 0.29) is 36.8 Å². The Labute approximate surface area is 162 Å². The molecule has 2 fully saturated rings. The number of fused-ring (bicyclic) bond motifs is 1. The highest BCUT2D eigenvalue weighted by atomic mass is 32.2. The van der Waals surface area contributed by atoms with Gasteiger partial charge in [0.15, 0.2) is 11.5 Å². The van der Waals surface area contributed by atoms with Crippen molar-refractivity contribution in [3.63, 3.8) is 0 Å². The minimum Gasteiger partial charge on any atom is -0.486 e. The third-order valence-corrected chi connectivity index (χ3v) is 6.38. The van der Waals surface area contributed by atoms with Gasteiger partial charge < -0.3 is 24.4 Å². The molecule has 0 radical (unpaired) electrons. The molecule has 2 unspecified atom stereocenters. The van der Waals surface area contributed by atoms with E-state index in [1.807, 2.05) is 34.9 Å². The Kier molecular flexibility index (Phi) is 5.45. The van der Waals surface area contributed by atoms with Crippen LogP contribution in [0, 0.1) is 5.92 Å². The molecule has 0 aromatic heterocycles. The Balaban J connectivity index is 1.48. The first-order chi connectivity index (χ1) is 13.2. The van der Waals surface area contributed by atoms with Crippen molar-refractivity contribution in [1.82, 2.24) is 4.90 Å². The number of hydrogen-bond donors (Lipinski definition) is 1. The number of anilines is 1. The van der Waals surface area contributed by atoms with Crippen LogP contribution in [-0.2, 0) is 9.59 Å². The number of rotatable bonds is 4. The van der Waals surface area contributed by atoms with Crippen molar-refractivity contribution in [1.29, 1.82) is 0 Å². The standard InChI is InChI=1S/C19H24N2O5S/c22-5-3-15-12-27-8-4-20(15)19(24)13-9-18(23)21(11-13)14-1-2-16-17(10-14)26-7-6-25-16/h1-2,10,13,15,22H,3-9,11-12H2. The van der Waals surface area contributed by atoms with Crippen LogP contribution in [0.1, 0.15) is 12.8 Å². The number of benzene rings is 1. The third-order valence-electron chi connectivity index (χ3n) is 5.28. The summed E-state index contributed by atoms with van der Waals surface area (Å²) in [5, 5.41) is 9.28. The number of nitrogens with zero attached hydrogens (tertiary/aromatic N) is 2. The van der Waals surface area contributed by atoms with Crippen LogP contribution in [0.25, 0.3) is 0 Å². The monoisotopic (exact) mass is 392 g/mol. The molecule has 2 amide bonds. The maximum atomic E-state index is 13.1. The van der Waals surface area contributed by atoms with Crippen LogP contribution in [0.4, 0.5) is 5.69 Å². The summed E-state index contributed by atoms with van der Waals surface area (Å²) in [6.45, 7) is 2.15. The van der Waals surface area contributed by atoms with E-state index in [0.717, 1.165) is 17.2 Å². The summed E-state index contributed by atoms with van der Waals surface area (Å²) < 4.78 is 11.1. The quantitative estimate of drug-likeness (QED) is 0.828. The van der Waals surface area contributed by atoms with Crippen LogP contribution in [0.5, 0.6) is 11.5 Å². The molecule has 1 aromatic rings. The van der Waals surface area contributed by atoms with Gasteiger partial charge in [-0.2, -0.15) is 11.8 Å². The van der Waals surface area contributed by atoms with Crippen molar-refractivity contribution in [3.8, 4) is 11.5 Å². The van der Waals surface area contributed by atoms with E-state index in [2.05, 4.69) is 0 Å². The molecule has 0 aliphatic carbocycles. The summed E-state index contributed by atoms with van der Waals surface area (Å²) in [5.41, 5.74) is 0.737. The van der Waals surface area contributed by atoms with Crippen LogP contribution in [-0.4, -0.2) is 72.3 Å². The first-order valence-electron chi connectivity index (χ1n) is 9.36. The molecule has 1 aromatic carbocycles. The molecule has 7 nitrogen and oxygen atoms in total. The molecule has 2 atom stereocenters. The number of aliphatic hydroxyl groups excluding tert-OH is 1. The minimum atomic E-state index is -0.338. The molecule has 3 heterocycles. The summed E-state index contributed by atoms with van der Waals surface area (Å²) in [7, 11) is 0. The number of amides is 2. The summed E-state index contributed by atoms with van der Waals surface area (Å²) in [6, 6.07) is 5.51. The highest BCUT2D eigenvalue weighted by Crippen LogP contribution is 2.36. The van der Waals surface area contributed by atoms with Crippen molar-refractivity contribution in [2.24, 2.45) is 5.92 Å². The van der Waals surface area contributed by atoms with Gasteiger partial charge in [-0.25, -0.2) is 0 Å². The number of ether oxygens (including phenoxy) is 2. The zero-order valence-electron chi connectivity index (χ0n) is 15.1. The molecule has 0 spiro atoms. The fourth-order valence-electron chi connectivity index (χ4n) is 3.89. The minimum absolute atomic E-state index is 0.0298. The number of carbonyl (C=O) groups excluding carboxylic acids is 2. The summed E-state index contributed by atoms with van der Waals surface area (Å²) in [6.07, 6.45) is 0.814. The smallest absolute Gasteiger partial charge is 0.228 e. The fourth-order valence-corrected chi connectivity index (χ4v) is 5.00. The Morgan fingerprint density at radius 1 is 1.26 bits per heavy atom. The molecule has 2 saturated heterocycles. The SMILES string of the molecule is O=C1CC(C(=O)N2CCSCC2CCO)CN1c1ccc2c(c1)OCCO2. The van der Waals surface area contributed by atoms with Gasteiger partial charge in [0, 0.05) is 55.4 Å². The molecule has 27 heavy (non-hydrogen) atoms. The lowest BCUT2D eigenvalue weighted by Gasteiger charge is -2.36. The molecule has 1 N–H and O–H groups in total. The average Bonchev–Trinajstić information content (AvgIpc) is 3.09. The second-order valence-corrected chi connectivity index (χ2v) is 8.16. The van der Waals surface area contributed by atoms with Gasteiger partial charge in [-0.3, -0.25) is 9.59 Å². The number of carbonyl (C=O) groups is 2. The topological polar surface area (TPSA) is 79.3 Å². The van der Waals surface area contributed by atoms with Crippen LogP contribution in [0.3, 0.4) is 0 Å². The largest absolute Gasteiger partial charge is 0.486 e. The maximum Gasteiger partial charge on any atom is 0.228 e. The van der Waals surface area contributed by atoms with Gasteiger partial charge in [0.25, 0.3) is 0 Å². The second-order valence-electron chi connectivity index (χ2n) is 7.01.